The first-order valence-electron chi connectivity index (χ1n) is 7.83. The molecule has 0 unspecified atom stereocenters. The molecule has 0 spiro atoms. The number of nitrogen functional groups attached to an aromatic ring is 1. The fraction of sp³-hybridized carbons (Fsp3) is 0.158. The molecule has 0 bridgehead atoms. The van der Waals surface area contributed by atoms with E-state index in [1.807, 2.05) is 31.1 Å². The van der Waals surface area contributed by atoms with Crippen molar-refractivity contribution in [2.24, 2.45) is 0 Å². The average molecular weight is 355 g/mol. The minimum Gasteiger partial charge on any atom is -0.465 e. The third-order valence-electron chi connectivity index (χ3n) is 3.97. The first-order chi connectivity index (χ1) is 12.4. The van der Waals surface area contributed by atoms with Gasteiger partial charge in [0, 0.05) is 31.3 Å². The van der Waals surface area contributed by atoms with E-state index in [9.17, 15) is 9.18 Å². The highest BCUT2D eigenvalue weighted by atomic mass is 19.1. The van der Waals surface area contributed by atoms with Gasteiger partial charge in [-0.2, -0.15) is 0 Å². The molecule has 3 rings (SSSR count). The summed E-state index contributed by atoms with van der Waals surface area (Å²) in [7, 11) is 5.02. The van der Waals surface area contributed by atoms with E-state index in [0.29, 0.717) is 22.7 Å². The Kier molecular flexibility index (Phi) is 4.62. The maximum Gasteiger partial charge on any atom is 0.340 e. The number of esters is 1. The summed E-state index contributed by atoms with van der Waals surface area (Å²) in [5, 5.41) is 3.98. The average Bonchev–Trinajstić information content (AvgIpc) is 3.10. The van der Waals surface area contributed by atoms with Crippen LogP contribution in [0.1, 0.15) is 10.4 Å². The zero-order valence-electron chi connectivity index (χ0n) is 14.6. The molecule has 26 heavy (non-hydrogen) atoms. The van der Waals surface area contributed by atoms with Gasteiger partial charge < -0.3 is 19.9 Å². The molecule has 3 aromatic rings. The van der Waals surface area contributed by atoms with Crippen LogP contribution in [0.2, 0.25) is 0 Å². The predicted octanol–water partition coefficient (Wildman–Crippen LogP) is 3.58. The molecule has 0 aliphatic rings. The number of carbonyl (C=O) groups excluding carboxylic acids is 1. The standard InChI is InChI=1S/C19H18FN3O3/c1-23(2)17-7-5-12(9-15(17)21)18-10-16(22-26-18)11-4-6-13(14(20)8-11)19(24)25-3/h4-10H,21H2,1-3H3. The normalized spacial score (nSPS) is 10.6. The predicted molar refractivity (Wildman–Crippen MR) is 97.4 cm³/mol. The van der Waals surface area contributed by atoms with Crippen molar-refractivity contribution in [2.45, 2.75) is 0 Å². The molecule has 1 aromatic heterocycles. The van der Waals surface area contributed by atoms with Crippen molar-refractivity contribution in [3.05, 3.63) is 53.8 Å². The van der Waals surface area contributed by atoms with Crippen molar-refractivity contribution < 1.29 is 18.4 Å². The zero-order valence-corrected chi connectivity index (χ0v) is 14.6. The van der Waals surface area contributed by atoms with Gasteiger partial charge in [-0.3, -0.25) is 0 Å². The lowest BCUT2D eigenvalue weighted by Gasteiger charge is -2.15. The Morgan fingerprint density at radius 1 is 1.15 bits per heavy atom. The first-order valence-corrected chi connectivity index (χ1v) is 7.83. The minimum atomic E-state index is -0.730. The van der Waals surface area contributed by atoms with Crippen LogP contribution in [-0.2, 0) is 4.74 Å². The van der Waals surface area contributed by atoms with Gasteiger partial charge in [-0.15, -0.1) is 0 Å². The summed E-state index contributed by atoms with van der Waals surface area (Å²) in [6, 6.07) is 11.4. The van der Waals surface area contributed by atoms with E-state index in [4.69, 9.17) is 10.3 Å². The fourth-order valence-corrected chi connectivity index (χ4v) is 2.61. The Labute approximate surface area is 150 Å². The van der Waals surface area contributed by atoms with E-state index in [2.05, 4.69) is 9.89 Å². The Balaban J connectivity index is 1.92. The number of carbonyl (C=O) groups is 1. The van der Waals surface area contributed by atoms with Gasteiger partial charge in [0.2, 0.25) is 0 Å². The van der Waals surface area contributed by atoms with Gasteiger partial charge in [-0.25, -0.2) is 9.18 Å². The second kappa shape index (κ2) is 6.87. The quantitative estimate of drug-likeness (QED) is 0.569. The first kappa shape index (κ1) is 17.5. The van der Waals surface area contributed by atoms with Crippen molar-refractivity contribution in [3.8, 4) is 22.6 Å². The maximum atomic E-state index is 14.1. The highest BCUT2D eigenvalue weighted by Gasteiger charge is 2.15. The summed E-state index contributed by atoms with van der Waals surface area (Å²) in [6.07, 6.45) is 0. The number of ether oxygens (including phenoxy) is 1. The van der Waals surface area contributed by atoms with E-state index in [0.717, 1.165) is 11.3 Å². The molecule has 0 aliphatic carbocycles. The number of methoxy groups -OCH3 is 1. The summed E-state index contributed by atoms with van der Waals surface area (Å²) >= 11 is 0. The van der Waals surface area contributed by atoms with Gasteiger partial charge in [-0.05, 0) is 30.3 Å². The van der Waals surface area contributed by atoms with Crippen LogP contribution in [-0.4, -0.2) is 32.3 Å². The van der Waals surface area contributed by atoms with Crippen LogP contribution in [0.3, 0.4) is 0 Å². The summed E-state index contributed by atoms with van der Waals surface area (Å²) in [5.74, 6) is -0.903. The van der Waals surface area contributed by atoms with Gasteiger partial charge in [-0.1, -0.05) is 11.2 Å². The van der Waals surface area contributed by atoms with Crippen molar-refractivity contribution in [2.75, 3.05) is 31.8 Å². The Bertz CT molecular complexity index is 966. The number of anilines is 2. The molecule has 1 heterocycles. The van der Waals surface area contributed by atoms with Gasteiger partial charge in [0.15, 0.2) is 5.76 Å². The molecule has 7 heteroatoms. The van der Waals surface area contributed by atoms with E-state index in [-0.39, 0.29) is 5.56 Å². The van der Waals surface area contributed by atoms with E-state index >= 15 is 0 Å². The number of nitrogens with two attached hydrogens (primary N) is 1. The van der Waals surface area contributed by atoms with Gasteiger partial charge >= 0.3 is 5.97 Å². The van der Waals surface area contributed by atoms with Crippen molar-refractivity contribution >= 4 is 17.3 Å². The molecule has 2 N–H and O–H groups in total. The Hall–Kier alpha value is -3.35. The van der Waals surface area contributed by atoms with Crippen molar-refractivity contribution in [1.82, 2.24) is 5.16 Å². The maximum absolute atomic E-state index is 14.1. The van der Waals surface area contributed by atoms with Crippen LogP contribution >= 0.6 is 0 Å². The number of aromatic nitrogens is 1. The number of hydrogen-bond acceptors (Lipinski definition) is 6. The van der Waals surface area contributed by atoms with Crippen molar-refractivity contribution in [3.63, 3.8) is 0 Å². The molecule has 0 fully saturated rings. The molecule has 0 radical (unpaired) electrons. The van der Waals surface area contributed by atoms with Crippen LogP contribution in [0, 0.1) is 5.82 Å². The molecular formula is C19H18FN3O3. The highest BCUT2D eigenvalue weighted by molar-refractivity contribution is 5.90. The van der Waals surface area contributed by atoms with Crippen LogP contribution in [0.15, 0.2) is 47.0 Å². The van der Waals surface area contributed by atoms with Crippen LogP contribution < -0.4 is 10.6 Å². The third kappa shape index (κ3) is 3.23. The summed E-state index contributed by atoms with van der Waals surface area (Å²) < 4.78 is 24.0. The lowest BCUT2D eigenvalue weighted by Crippen LogP contribution is -2.10. The molecule has 0 atom stereocenters. The minimum absolute atomic E-state index is 0.132. The van der Waals surface area contributed by atoms with E-state index < -0.39 is 11.8 Å². The molecule has 134 valence electrons. The SMILES string of the molecule is COC(=O)c1ccc(-c2cc(-c3ccc(N(C)C)c(N)c3)on2)cc1F. The number of nitrogens with zero attached hydrogens (tertiary/aromatic N) is 2. The van der Waals surface area contributed by atoms with Gasteiger partial charge in [0.05, 0.1) is 24.0 Å². The Morgan fingerprint density at radius 2 is 1.88 bits per heavy atom. The molecule has 0 saturated heterocycles. The molecule has 0 aliphatic heterocycles. The smallest absolute Gasteiger partial charge is 0.340 e. The van der Waals surface area contributed by atoms with Crippen LogP contribution in [0.5, 0.6) is 0 Å². The number of hydrogen-bond donors (Lipinski definition) is 1. The molecule has 0 saturated carbocycles. The summed E-state index contributed by atoms with van der Waals surface area (Å²) in [5.41, 5.74) is 9.13. The second-order valence-corrected chi connectivity index (χ2v) is 5.93. The summed E-state index contributed by atoms with van der Waals surface area (Å²) in [4.78, 5) is 13.4. The second-order valence-electron chi connectivity index (χ2n) is 5.93. The topological polar surface area (TPSA) is 81.6 Å². The summed E-state index contributed by atoms with van der Waals surface area (Å²) in [6.45, 7) is 0. The number of benzene rings is 2. The monoisotopic (exact) mass is 355 g/mol. The zero-order chi connectivity index (χ0) is 18.8. The molecule has 6 nitrogen and oxygen atoms in total. The van der Waals surface area contributed by atoms with Gasteiger partial charge in [0.1, 0.15) is 11.5 Å². The van der Waals surface area contributed by atoms with E-state index in [1.54, 1.807) is 18.2 Å². The fourth-order valence-electron chi connectivity index (χ4n) is 2.61. The largest absolute Gasteiger partial charge is 0.465 e. The highest BCUT2D eigenvalue weighted by Crippen LogP contribution is 2.31. The van der Waals surface area contributed by atoms with Gasteiger partial charge in [0.25, 0.3) is 0 Å². The lowest BCUT2D eigenvalue weighted by molar-refractivity contribution is 0.0595. The molecule has 0 amide bonds. The third-order valence-corrected chi connectivity index (χ3v) is 3.97. The lowest BCUT2D eigenvalue weighted by atomic mass is 10.1. The van der Waals surface area contributed by atoms with E-state index in [1.165, 1.54) is 19.2 Å². The van der Waals surface area contributed by atoms with Crippen LogP contribution in [0.4, 0.5) is 15.8 Å². The van der Waals surface area contributed by atoms with Crippen LogP contribution in [0.25, 0.3) is 22.6 Å². The Morgan fingerprint density at radius 3 is 2.50 bits per heavy atom. The molecular weight excluding hydrogens is 337 g/mol. The van der Waals surface area contributed by atoms with Crippen molar-refractivity contribution in [1.29, 1.82) is 0 Å². The molecule has 2 aromatic carbocycles. The number of halogens is 1. The number of rotatable bonds is 4.